The molecule has 25 heavy (non-hydrogen) atoms. The number of aromatic nitrogens is 3. The lowest BCUT2D eigenvalue weighted by molar-refractivity contribution is -0.124. The lowest BCUT2D eigenvalue weighted by Crippen LogP contribution is -2.44. The van der Waals surface area contributed by atoms with Crippen molar-refractivity contribution in [3.05, 3.63) is 48.3 Å². The zero-order valence-electron chi connectivity index (χ0n) is 14.1. The zero-order valence-corrected chi connectivity index (χ0v) is 14.1. The number of nitrogens with one attached hydrogen (secondary N) is 1. The van der Waals surface area contributed by atoms with Gasteiger partial charge in [-0.15, -0.1) is 0 Å². The van der Waals surface area contributed by atoms with Crippen LogP contribution in [0, 0.1) is 5.82 Å². The third-order valence-electron chi connectivity index (χ3n) is 4.42. The van der Waals surface area contributed by atoms with Gasteiger partial charge in [0.25, 0.3) is 0 Å². The number of rotatable bonds is 6. The van der Waals surface area contributed by atoms with E-state index in [2.05, 4.69) is 20.3 Å². The summed E-state index contributed by atoms with van der Waals surface area (Å²) in [5.74, 6) is -0.404. The van der Waals surface area contributed by atoms with Crippen molar-refractivity contribution in [1.29, 1.82) is 0 Å². The van der Waals surface area contributed by atoms with Crippen LogP contribution in [0.1, 0.15) is 24.6 Å². The van der Waals surface area contributed by atoms with Crippen molar-refractivity contribution in [1.82, 2.24) is 25.0 Å². The van der Waals surface area contributed by atoms with Crippen molar-refractivity contribution in [2.24, 2.45) is 0 Å². The third-order valence-corrected chi connectivity index (χ3v) is 4.42. The Morgan fingerprint density at radius 2 is 2.04 bits per heavy atom. The molecule has 3 rings (SSSR count). The minimum atomic E-state index is -0.443. The van der Waals surface area contributed by atoms with Crippen molar-refractivity contribution < 1.29 is 13.9 Å². The molecule has 2 heterocycles. The molecule has 2 atom stereocenters. The molecule has 1 saturated heterocycles. The number of morpholine rings is 1. The first kappa shape index (κ1) is 17.5. The molecule has 1 fully saturated rings. The molecule has 1 amide bonds. The quantitative estimate of drug-likeness (QED) is 0.849. The average molecular weight is 347 g/mol. The van der Waals surface area contributed by atoms with Crippen LogP contribution in [0.4, 0.5) is 4.39 Å². The van der Waals surface area contributed by atoms with Crippen LogP contribution < -0.4 is 5.32 Å². The highest BCUT2D eigenvalue weighted by molar-refractivity contribution is 5.79. The second kappa shape index (κ2) is 8.17. The van der Waals surface area contributed by atoms with Gasteiger partial charge in [-0.05, 0) is 24.6 Å². The highest BCUT2D eigenvalue weighted by Crippen LogP contribution is 2.22. The zero-order chi connectivity index (χ0) is 17.6. The number of halogens is 1. The first-order valence-electron chi connectivity index (χ1n) is 8.34. The van der Waals surface area contributed by atoms with E-state index in [9.17, 15) is 9.18 Å². The first-order chi connectivity index (χ1) is 12.1. The Morgan fingerprint density at radius 3 is 2.68 bits per heavy atom. The molecule has 0 spiro atoms. The smallest absolute Gasteiger partial charge is 0.244 e. The van der Waals surface area contributed by atoms with E-state index in [1.807, 2.05) is 0 Å². The Kier molecular flexibility index (Phi) is 5.72. The Bertz CT molecular complexity index is 671. The van der Waals surface area contributed by atoms with E-state index in [0.717, 1.165) is 18.7 Å². The van der Waals surface area contributed by atoms with E-state index in [1.54, 1.807) is 19.1 Å². The van der Waals surface area contributed by atoms with Crippen molar-refractivity contribution in [2.45, 2.75) is 19.0 Å². The van der Waals surface area contributed by atoms with Gasteiger partial charge in [-0.25, -0.2) is 14.1 Å². The largest absolute Gasteiger partial charge is 0.379 e. The Labute approximate surface area is 145 Å². The molecule has 7 nitrogen and oxygen atoms in total. The van der Waals surface area contributed by atoms with Crippen LogP contribution in [0.3, 0.4) is 0 Å². The lowest BCUT2D eigenvalue weighted by atomic mass is 10.0. The van der Waals surface area contributed by atoms with Gasteiger partial charge < -0.3 is 10.1 Å². The number of benzene rings is 1. The van der Waals surface area contributed by atoms with Crippen LogP contribution >= 0.6 is 0 Å². The maximum atomic E-state index is 13.3. The summed E-state index contributed by atoms with van der Waals surface area (Å²) in [6.45, 7) is 5.06. The predicted octanol–water partition coefficient (Wildman–Crippen LogP) is 1.17. The molecule has 134 valence electrons. The third kappa shape index (κ3) is 4.40. The fourth-order valence-electron chi connectivity index (χ4n) is 2.91. The van der Waals surface area contributed by atoms with Crippen LogP contribution in [0.5, 0.6) is 0 Å². The van der Waals surface area contributed by atoms with Gasteiger partial charge in [0.15, 0.2) is 0 Å². The van der Waals surface area contributed by atoms with Gasteiger partial charge in [-0.1, -0.05) is 12.1 Å². The molecule has 1 aliphatic heterocycles. The van der Waals surface area contributed by atoms with Crippen molar-refractivity contribution in [3.63, 3.8) is 0 Å². The summed E-state index contributed by atoms with van der Waals surface area (Å²) in [6.07, 6.45) is 2.92. The summed E-state index contributed by atoms with van der Waals surface area (Å²) in [4.78, 5) is 18.5. The van der Waals surface area contributed by atoms with Crippen LogP contribution in [0.15, 0.2) is 36.9 Å². The summed E-state index contributed by atoms with van der Waals surface area (Å²) >= 11 is 0. The molecule has 1 aromatic carbocycles. The number of ether oxygens (including phenoxy) is 1. The van der Waals surface area contributed by atoms with Crippen LogP contribution in [0.25, 0.3) is 0 Å². The van der Waals surface area contributed by atoms with E-state index in [-0.39, 0.29) is 17.8 Å². The minimum Gasteiger partial charge on any atom is -0.379 e. The van der Waals surface area contributed by atoms with Crippen LogP contribution in [-0.4, -0.2) is 58.4 Å². The molecule has 0 saturated carbocycles. The molecular formula is C17H22FN5O2. The van der Waals surface area contributed by atoms with Gasteiger partial charge in [0.2, 0.25) is 5.91 Å². The highest BCUT2D eigenvalue weighted by atomic mass is 19.1. The van der Waals surface area contributed by atoms with E-state index in [1.165, 1.54) is 29.5 Å². The lowest BCUT2D eigenvalue weighted by Gasteiger charge is -2.35. The highest BCUT2D eigenvalue weighted by Gasteiger charge is 2.24. The number of nitrogens with zero attached hydrogens (tertiary/aromatic N) is 4. The maximum absolute atomic E-state index is 13.3. The standard InChI is InChI=1S/C17H22FN5O2/c1-13(23-12-19-11-21-23)17(24)20-10-16(22-6-8-25-9-7-22)14-2-4-15(18)5-3-14/h2-5,11-13,16H,6-10H2,1H3,(H,20,24)/t13-,16+/m1/s1. The van der Waals surface area contributed by atoms with Crippen molar-refractivity contribution in [2.75, 3.05) is 32.8 Å². The molecule has 0 radical (unpaired) electrons. The molecule has 0 bridgehead atoms. The van der Waals surface area contributed by atoms with E-state index in [4.69, 9.17) is 4.74 Å². The number of hydrogen-bond donors (Lipinski definition) is 1. The van der Waals surface area contributed by atoms with Crippen molar-refractivity contribution >= 4 is 5.91 Å². The summed E-state index contributed by atoms with van der Waals surface area (Å²) in [7, 11) is 0. The van der Waals surface area contributed by atoms with E-state index >= 15 is 0 Å². The summed E-state index contributed by atoms with van der Waals surface area (Å²) in [5.41, 5.74) is 0.969. The van der Waals surface area contributed by atoms with E-state index < -0.39 is 6.04 Å². The average Bonchev–Trinajstić information content (AvgIpc) is 3.18. The monoisotopic (exact) mass is 347 g/mol. The Morgan fingerprint density at radius 1 is 1.32 bits per heavy atom. The van der Waals surface area contributed by atoms with Gasteiger partial charge in [-0.3, -0.25) is 9.69 Å². The Balaban J connectivity index is 1.68. The summed E-state index contributed by atoms with van der Waals surface area (Å²) < 4.78 is 20.2. The van der Waals surface area contributed by atoms with Gasteiger partial charge in [-0.2, -0.15) is 5.10 Å². The molecule has 0 unspecified atom stereocenters. The summed E-state index contributed by atoms with van der Waals surface area (Å²) in [6, 6.07) is 5.95. The molecule has 0 aliphatic carbocycles. The second-order valence-corrected chi connectivity index (χ2v) is 6.01. The maximum Gasteiger partial charge on any atom is 0.244 e. The van der Waals surface area contributed by atoms with Crippen LogP contribution in [-0.2, 0) is 9.53 Å². The fourth-order valence-corrected chi connectivity index (χ4v) is 2.91. The number of amides is 1. The molecule has 1 aliphatic rings. The molecule has 1 aromatic heterocycles. The topological polar surface area (TPSA) is 72.3 Å². The number of hydrogen-bond acceptors (Lipinski definition) is 5. The van der Waals surface area contributed by atoms with E-state index in [0.29, 0.717) is 19.8 Å². The fraction of sp³-hybridized carbons (Fsp3) is 0.471. The molecule has 8 heteroatoms. The molecular weight excluding hydrogens is 325 g/mol. The SMILES string of the molecule is C[C@H](C(=O)NC[C@@H](c1ccc(F)cc1)N1CCOCC1)n1cncn1. The first-order valence-corrected chi connectivity index (χ1v) is 8.34. The van der Waals surface area contributed by atoms with Gasteiger partial charge in [0, 0.05) is 19.6 Å². The number of carbonyl (C=O) groups excluding carboxylic acids is 1. The second-order valence-electron chi connectivity index (χ2n) is 6.01. The van der Waals surface area contributed by atoms with Crippen LogP contribution in [0.2, 0.25) is 0 Å². The number of carbonyl (C=O) groups is 1. The Hall–Kier alpha value is -2.32. The summed E-state index contributed by atoms with van der Waals surface area (Å²) in [5, 5.41) is 6.98. The normalized spacial score (nSPS) is 17.8. The van der Waals surface area contributed by atoms with Gasteiger partial charge in [0.1, 0.15) is 24.5 Å². The minimum absolute atomic E-state index is 0.0311. The predicted molar refractivity (Wildman–Crippen MR) is 89.3 cm³/mol. The van der Waals surface area contributed by atoms with Crippen molar-refractivity contribution in [3.8, 4) is 0 Å². The molecule has 1 N–H and O–H groups in total. The van der Waals surface area contributed by atoms with Gasteiger partial charge >= 0.3 is 0 Å². The van der Waals surface area contributed by atoms with Gasteiger partial charge in [0.05, 0.1) is 19.3 Å². The molecule has 2 aromatic rings.